The van der Waals surface area contributed by atoms with Crippen LogP contribution in [0.25, 0.3) is 10.9 Å². The monoisotopic (exact) mass is 271 g/mol. The molecule has 0 fully saturated rings. The fourth-order valence-corrected chi connectivity index (χ4v) is 1.64. The normalized spacial score (nSPS) is 10.1. The van der Waals surface area contributed by atoms with E-state index in [4.69, 9.17) is 0 Å². The Morgan fingerprint density at radius 2 is 1.80 bits per heavy atom. The summed E-state index contributed by atoms with van der Waals surface area (Å²) < 4.78 is 0. The average Bonchev–Trinajstić information content (AvgIpc) is 2.37. The molecule has 0 saturated carbocycles. The number of aliphatic carboxylic acids is 2. The summed E-state index contributed by atoms with van der Waals surface area (Å²) in [6.07, 6.45) is 0.777. The molecule has 2 aromatic rings. The standard InChI is InChI=1S/C13H11N3O4/c1-7-15-10-5-3-2-4-8(10)11(16-7)14-6-9(12(17)18)13(19)20/h2-6H,1H3,(H,17,18)(H,19,20)(H,14,15,16)/p-2. The number of rotatable bonds is 4. The maximum atomic E-state index is 10.6. The molecule has 1 aromatic carbocycles. The molecule has 0 atom stereocenters. The highest BCUT2D eigenvalue weighted by molar-refractivity contribution is 6.11. The number of aromatic nitrogens is 2. The molecule has 1 aromatic heterocycles. The highest BCUT2D eigenvalue weighted by atomic mass is 16.4. The molecule has 7 heteroatoms. The lowest BCUT2D eigenvalue weighted by atomic mass is 10.2. The van der Waals surface area contributed by atoms with Gasteiger partial charge in [0.25, 0.3) is 0 Å². The molecule has 0 amide bonds. The van der Waals surface area contributed by atoms with Gasteiger partial charge in [0.2, 0.25) is 0 Å². The third-order valence-corrected chi connectivity index (χ3v) is 2.51. The number of aryl methyl sites for hydroxylation is 1. The molecule has 0 saturated heterocycles. The molecule has 0 bridgehead atoms. The molecule has 0 unspecified atom stereocenters. The van der Waals surface area contributed by atoms with Crippen molar-refractivity contribution in [3.05, 3.63) is 41.9 Å². The number of carbonyl (C=O) groups is 2. The van der Waals surface area contributed by atoms with E-state index in [1.165, 1.54) is 0 Å². The molecule has 1 N–H and O–H groups in total. The van der Waals surface area contributed by atoms with Crippen LogP contribution in [0.3, 0.4) is 0 Å². The number of carbonyl (C=O) groups excluding carboxylic acids is 2. The molecule has 20 heavy (non-hydrogen) atoms. The van der Waals surface area contributed by atoms with Crippen molar-refractivity contribution in [1.29, 1.82) is 0 Å². The summed E-state index contributed by atoms with van der Waals surface area (Å²) in [5, 5.41) is 24.4. The first-order chi connectivity index (χ1) is 9.49. The molecule has 0 aliphatic rings. The predicted octanol–water partition coefficient (Wildman–Crippen LogP) is -1.27. The van der Waals surface area contributed by atoms with Crippen molar-refractivity contribution in [3.63, 3.8) is 0 Å². The van der Waals surface area contributed by atoms with Gasteiger partial charge in [0.05, 0.1) is 17.5 Å². The van der Waals surface area contributed by atoms with Gasteiger partial charge in [-0.2, -0.15) is 0 Å². The van der Waals surface area contributed by atoms with Crippen LogP contribution in [0.2, 0.25) is 0 Å². The third kappa shape index (κ3) is 2.72. The minimum absolute atomic E-state index is 0.299. The van der Waals surface area contributed by atoms with Crippen molar-refractivity contribution in [2.45, 2.75) is 6.92 Å². The lowest BCUT2D eigenvalue weighted by Crippen LogP contribution is -2.36. The van der Waals surface area contributed by atoms with Gasteiger partial charge < -0.3 is 25.1 Å². The van der Waals surface area contributed by atoms with E-state index in [1.807, 2.05) is 0 Å². The Hall–Kier alpha value is -2.96. The highest BCUT2D eigenvalue weighted by Gasteiger charge is 2.05. The number of nitrogens with one attached hydrogen (secondary N) is 1. The van der Waals surface area contributed by atoms with Gasteiger partial charge >= 0.3 is 0 Å². The van der Waals surface area contributed by atoms with E-state index in [-0.39, 0.29) is 0 Å². The zero-order valence-corrected chi connectivity index (χ0v) is 10.4. The number of carboxylic acid groups (broad SMARTS) is 2. The second-order valence-corrected chi connectivity index (χ2v) is 3.91. The largest absolute Gasteiger partial charge is 0.545 e. The Bertz CT molecular complexity index is 709. The topological polar surface area (TPSA) is 118 Å². The molecule has 0 spiro atoms. The van der Waals surface area contributed by atoms with E-state index in [0.29, 0.717) is 22.5 Å². The predicted molar refractivity (Wildman–Crippen MR) is 66.0 cm³/mol. The molecule has 1 heterocycles. The van der Waals surface area contributed by atoms with E-state index >= 15 is 0 Å². The number of hydrogen-bond acceptors (Lipinski definition) is 7. The molecule has 0 aliphatic heterocycles. The fraction of sp³-hybridized carbons (Fsp3) is 0.0769. The van der Waals surface area contributed by atoms with Crippen LogP contribution in [-0.4, -0.2) is 21.9 Å². The summed E-state index contributed by atoms with van der Waals surface area (Å²) in [5.41, 5.74) is -0.343. The first-order valence-corrected chi connectivity index (χ1v) is 5.62. The smallest absolute Gasteiger partial charge is 0.141 e. The van der Waals surface area contributed by atoms with E-state index in [9.17, 15) is 19.8 Å². The Morgan fingerprint density at radius 1 is 1.15 bits per heavy atom. The van der Waals surface area contributed by atoms with E-state index in [1.54, 1.807) is 31.2 Å². The maximum Gasteiger partial charge on any atom is 0.141 e. The summed E-state index contributed by atoms with van der Waals surface area (Å²) in [5.74, 6) is -2.92. The Morgan fingerprint density at radius 3 is 2.45 bits per heavy atom. The number of benzene rings is 1. The van der Waals surface area contributed by atoms with Crippen LogP contribution in [0.5, 0.6) is 0 Å². The third-order valence-electron chi connectivity index (χ3n) is 2.51. The maximum absolute atomic E-state index is 10.6. The van der Waals surface area contributed by atoms with Crippen LogP contribution in [-0.2, 0) is 9.59 Å². The SMILES string of the molecule is Cc1nc(NC=C(C(=O)[O-])C(=O)[O-])c2ccccc2n1. The summed E-state index contributed by atoms with van der Waals surface area (Å²) >= 11 is 0. The second kappa shape index (κ2) is 5.35. The minimum atomic E-state index is -1.84. The Kier molecular flexibility index (Phi) is 3.60. The number of anilines is 1. The van der Waals surface area contributed by atoms with Gasteiger partial charge in [-0.3, -0.25) is 0 Å². The van der Waals surface area contributed by atoms with Crippen molar-refractivity contribution in [1.82, 2.24) is 9.97 Å². The van der Waals surface area contributed by atoms with Gasteiger partial charge in [-0.05, 0) is 19.1 Å². The average molecular weight is 271 g/mol. The first kappa shape index (κ1) is 13.5. The summed E-state index contributed by atoms with van der Waals surface area (Å²) in [6.45, 7) is 1.67. The van der Waals surface area contributed by atoms with Crippen molar-refractivity contribution >= 4 is 28.7 Å². The number of carboxylic acids is 2. The number of para-hydroxylation sites is 1. The summed E-state index contributed by atoms with van der Waals surface area (Å²) in [4.78, 5) is 29.5. The zero-order chi connectivity index (χ0) is 14.7. The van der Waals surface area contributed by atoms with E-state index in [0.717, 1.165) is 6.20 Å². The van der Waals surface area contributed by atoms with Crippen LogP contribution >= 0.6 is 0 Å². The zero-order valence-electron chi connectivity index (χ0n) is 10.4. The molecule has 2 rings (SSSR count). The van der Waals surface area contributed by atoms with E-state index < -0.39 is 17.5 Å². The quantitative estimate of drug-likeness (QED) is 0.418. The highest BCUT2D eigenvalue weighted by Crippen LogP contribution is 2.19. The number of nitrogens with zero attached hydrogens (tertiary/aromatic N) is 2. The van der Waals surface area contributed by atoms with Gasteiger partial charge in [-0.25, -0.2) is 9.97 Å². The van der Waals surface area contributed by atoms with Crippen LogP contribution in [0, 0.1) is 6.92 Å². The van der Waals surface area contributed by atoms with Gasteiger partial charge in [-0.15, -0.1) is 0 Å². The first-order valence-electron chi connectivity index (χ1n) is 5.62. The molecule has 0 radical (unpaired) electrons. The van der Waals surface area contributed by atoms with E-state index in [2.05, 4.69) is 15.3 Å². The summed E-state index contributed by atoms with van der Waals surface area (Å²) in [7, 11) is 0. The van der Waals surface area contributed by atoms with Gasteiger partial charge in [-0.1, -0.05) is 12.1 Å². The minimum Gasteiger partial charge on any atom is -0.545 e. The van der Waals surface area contributed by atoms with Crippen molar-refractivity contribution in [2.75, 3.05) is 5.32 Å². The second-order valence-electron chi connectivity index (χ2n) is 3.91. The van der Waals surface area contributed by atoms with Gasteiger partial charge in [0.15, 0.2) is 0 Å². The van der Waals surface area contributed by atoms with Gasteiger partial charge in [0.1, 0.15) is 11.6 Å². The molecular weight excluding hydrogens is 262 g/mol. The van der Waals surface area contributed by atoms with Gasteiger partial charge in [0, 0.05) is 17.2 Å². The molecule has 102 valence electrons. The number of fused-ring (bicyclic) bond motifs is 1. The molecule has 7 nitrogen and oxygen atoms in total. The Balaban J connectivity index is 2.46. The van der Waals surface area contributed by atoms with Crippen LogP contribution < -0.4 is 15.5 Å². The van der Waals surface area contributed by atoms with Crippen LogP contribution in [0.4, 0.5) is 5.82 Å². The Labute approximate surface area is 113 Å². The van der Waals surface area contributed by atoms with Crippen LogP contribution in [0.15, 0.2) is 36.0 Å². The fourth-order valence-electron chi connectivity index (χ4n) is 1.64. The van der Waals surface area contributed by atoms with Crippen molar-refractivity contribution in [2.24, 2.45) is 0 Å². The molecule has 0 aliphatic carbocycles. The molecular formula is C13H9N3O4-2. The number of hydrogen-bond donors (Lipinski definition) is 1. The van der Waals surface area contributed by atoms with Crippen molar-refractivity contribution < 1.29 is 19.8 Å². The lowest BCUT2D eigenvalue weighted by molar-refractivity contribution is -0.312. The van der Waals surface area contributed by atoms with Crippen LogP contribution in [0.1, 0.15) is 5.82 Å². The summed E-state index contributed by atoms with van der Waals surface area (Å²) in [6, 6.07) is 7.04. The lowest BCUT2D eigenvalue weighted by Gasteiger charge is -2.11. The van der Waals surface area contributed by atoms with Crippen molar-refractivity contribution in [3.8, 4) is 0 Å².